The van der Waals surface area contributed by atoms with Crippen molar-refractivity contribution in [1.29, 1.82) is 0 Å². The largest absolute Gasteiger partial charge is 0.375 e. The van der Waals surface area contributed by atoms with Crippen molar-refractivity contribution in [2.45, 2.75) is 46.6 Å². The molecule has 0 aliphatic carbocycles. The molecule has 0 radical (unpaired) electrons. The molecule has 2 heteroatoms. The molecule has 0 aromatic rings. The molecule has 0 spiro atoms. The van der Waals surface area contributed by atoms with Gasteiger partial charge in [-0.25, -0.2) is 0 Å². The molecule has 12 heavy (non-hydrogen) atoms. The zero-order chi connectivity index (χ0) is 9.78. The highest BCUT2D eigenvalue weighted by Gasteiger charge is 2.12. The topological polar surface area (TPSA) is 26.3 Å². The molecule has 0 aromatic heterocycles. The second kappa shape index (κ2) is 4.61. The summed E-state index contributed by atoms with van der Waals surface area (Å²) in [7, 11) is 0. The average Bonchev–Trinajstić information content (AvgIpc) is 1.84. The van der Waals surface area contributed by atoms with Crippen molar-refractivity contribution in [2.75, 3.05) is 6.61 Å². The number of ketones is 1. The van der Waals surface area contributed by atoms with Crippen LogP contribution in [0.15, 0.2) is 0 Å². The number of hydrogen-bond acceptors (Lipinski definition) is 2. The van der Waals surface area contributed by atoms with Crippen LogP contribution < -0.4 is 0 Å². The quantitative estimate of drug-likeness (QED) is 0.651. The third-order valence-electron chi connectivity index (χ3n) is 1.53. The predicted molar refractivity (Wildman–Crippen MR) is 50.2 cm³/mol. The van der Waals surface area contributed by atoms with Crippen LogP contribution in [0, 0.1) is 5.92 Å². The summed E-state index contributed by atoms with van der Waals surface area (Å²) in [4.78, 5) is 11.1. The third-order valence-corrected chi connectivity index (χ3v) is 1.53. The number of carbonyl (C=O) groups is 1. The molecule has 0 unspecified atom stereocenters. The van der Waals surface area contributed by atoms with Crippen LogP contribution >= 0.6 is 0 Å². The fourth-order valence-corrected chi connectivity index (χ4v) is 0.746. The van der Waals surface area contributed by atoms with Gasteiger partial charge in [-0.2, -0.15) is 0 Å². The third kappa shape index (κ3) is 6.35. The first-order chi connectivity index (χ1) is 5.33. The lowest BCUT2D eigenvalue weighted by Gasteiger charge is -2.19. The molecule has 0 aliphatic heterocycles. The molecule has 0 fully saturated rings. The minimum atomic E-state index is -0.128. The highest BCUT2D eigenvalue weighted by atomic mass is 16.5. The van der Waals surface area contributed by atoms with E-state index in [0.717, 1.165) is 0 Å². The summed E-state index contributed by atoms with van der Waals surface area (Å²) in [5.74, 6) is 0.410. The summed E-state index contributed by atoms with van der Waals surface area (Å²) in [6, 6.07) is 0. The molecule has 0 amide bonds. The van der Waals surface area contributed by atoms with Crippen LogP contribution in [0.4, 0.5) is 0 Å². The molecule has 0 atom stereocenters. The zero-order valence-corrected chi connectivity index (χ0v) is 8.81. The second-order valence-electron chi connectivity index (χ2n) is 4.33. The van der Waals surface area contributed by atoms with E-state index in [2.05, 4.69) is 0 Å². The van der Waals surface area contributed by atoms with Gasteiger partial charge in [0.25, 0.3) is 0 Å². The van der Waals surface area contributed by atoms with E-state index in [9.17, 15) is 4.79 Å². The smallest absolute Gasteiger partial charge is 0.137 e. The number of carbonyl (C=O) groups excluding carboxylic acids is 1. The highest BCUT2D eigenvalue weighted by molar-refractivity contribution is 5.80. The predicted octanol–water partition coefficient (Wildman–Crippen LogP) is 2.42. The van der Waals surface area contributed by atoms with Gasteiger partial charge in [-0.05, 0) is 20.8 Å². The number of Topliss-reactive ketones (excluding diaryl/α,β-unsaturated/α-hetero) is 1. The molecular formula is C10H20O2. The van der Waals surface area contributed by atoms with Crippen LogP contribution in [0.3, 0.4) is 0 Å². The molecule has 0 bridgehead atoms. The highest BCUT2D eigenvalue weighted by Crippen LogP contribution is 2.08. The first-order valence-corrected chi connectivity index (χ1v) is 4.49. The van der Waals surface area contributed by atoms with E-state index in [-0.39, 0.29) is 17.3 Å². The molecule has 0 heterocycles. The minimum absolute atomic E-state index is 0.128. The van der Waals surface area contributed by atoms with E-state index < -0.39 is 0 Å². The van der Waals surface area contributed by atoms with E-state index in [1.54, 1.807) is 0 Å². The van der Waals surface area contributed by atoms with Crippen molar-refractivity contribution >= 4 is 5.78 Å². The van der Waals surface area contributed by atoms with E-state index in [0.29, 0.717) is 13.0 Å². The SMILES string of the molecule is CC(C)C(=O)CCOC(C)(C)C. The maximum Gasteiger partial charge on any atom is 0.137 e. The number of rotatable bonds is 4. The molecular weight excluding hydrogens is 152 g/mol. The summed E-state index contributed by atoms with van der Waals surface area (Å²) in [6.07, 6.45) is 0.537. The molecule has 72 valence electrons. The van der Waals surface area contributed by atoms with Crippen molar-refractivity contribution in [1.82, 2.24) is 0 Å². The average molecular weight is 172 g/mol. The fraction of sp³-hybridized carbons (Fsp3) is 0.900. The van der Waals surface area contributed by atoms with E-state index in [1.165, 1.54) is 0 Å². The Morgan fingerprint density at radius 3 is 2.17 bits per heavy atom. The molecule has 0 saturated carbocycles. The van der Waals surface area contributed by atoms with Gasteiger partial charge >= 0.3 is 0 Å². The maximum absolute atomic E-state index is 11.1. The van der Waals surface area contributed by atoms with Gasteiger partial charge in [-0.1, -0.05) is 13.8 Å². The standard InChI is InChI=1S/C10H20O2/c1-8(2)9(11)6-7-12-10(3,4)5/h8H,6-7H2,1-5H3. The number of hydrogen-bond donors (Lipinski definition) is 0. The van der Waals surface area contributed by atoms with Gasteiger partial charge < -0.3 is 4.74 Å². The van der Waals surface area contributed by atoms with Crippen LogP contribution in [0.2, 0.25) is 0 Å². The van der Waals surface area contributed by atoms with Crippen LogP contribution in [0.5, 0.6) is 0 Å². The van der Waals surface area contributed by atoms with Crippen LogP contribution in [0.1, 0.15) is 41.0 Å². The van der Waals surface area contributed by atoms with Gasteiger partial charge in [0.05, 0.1) is 12.2 Å². The van der Waals surface area contributed by atoms with Crippen molar-refractivity contribution in [2.24, 2.45) is 5.92 Å². The van der Waals surface area contributed by atoms with Gasteiger partial charge in [0.2, 0.25) is 0 Å². The zero-order valence-electron chi connectivity index (χ0n) is 8.81. The van der Waals surface area contributed by atoms with Crippen molar-refractivity contribution in [3.05, 3.63) is 0 Å². The Morgan fingerprint density at radius 1 is 1.33 bits per heavy atom. The van der Waals surface area contributed by atoms with Gasteiger partial charge in [-0.3, -0.25) is 4.79 Å². The first kappa shape index (κ1) is 11.6. The van der Waals surface area contributed by atoms with Gasteiger partial charge in [0, 0.05) is 12.3 Å². The number of ether oxygens (including phenoxy) is 1. The Bertz CT molecular complexity index is 142. The van der Waals surface area contributed by atoms with Gasteiger partial charge in [-0.15, -0.1) is 0 Å². The maximum atomic E-state index is 11.1. The summed E-state index contributed by atoms with van der Waals surface area (Å²) in [6.45, 7) is 10.4. The van der Waals surface area contributed by atoms with Crippen molar-refractivity contribution < 1.29 is 9.53 Å². The Morgan fingerprint density at radius 2 is 1.83 bits per heavy atom. The van der Waals surface area contributed by atoms with Crippen molar-refractivity contribution in [3.63, 3.8) is 0 Å². The molecule has 0 saturated heterocycles. The van der Waals surface area contributed by atoms with Crippen LogP contribution in [-0.4, -0.2) is 18.0 Å². The van der Waals surface area contributed by atoms with E-state index in [4.69, 9.17) is 4.74 Å². The Kier molecular flexibility index (Phi) is 4.46. The second-order valence-corrected chi connectivity index (χ2v) is 4.33. The van der Waals surface area contributed by atoms with Gasteiger partial charge in [0.15, 0.2) is 0 Å². The summed E-state index contributed by atoms with van der Waals surface area (Å²) >= 11 is 0. The molecule has 0 aromatic carbocycles. The Hall–Kier alpha value is -0.370. The lowest BCUT2D eigenvalue weighted by molar-refractivity contribution is -0.124. The molecule has 0 aliphatic rings. The van der Waals surface area contributed by atoms with E-state index >= 15 is 0 Å². The van der Waals surface area contributed by atoms with Crippen LogP contribution in [0.25, 0.3) is 0 Å². The van der Waals surface area contributed by atoms with Crippen LogP contribution in [-0.2, 0) is 9.53 Å². The molecule has 2 nitrogen and oxygen atoms in total. The molecule has 0 rings (SSSR count). The van der Waals surface area contributed by atoms with Crippen molar-refractivity contribution in [3.8, 4) is 0 Å². The fourth-order valence-electron chi connectivity index (χ4n) is 0.746. The minimum Gasteiger partial charge on any atom is -0.375 e. The molecule has 0 N–H and O–H groups in total. The normalized spacial score (nSPS) is 12.2. The summed E-state index contributed by atoms with van der Waals surface area (Å²) < 4.78 is 5.43. The Labute approximate surface area is 75.3 Å². The first-order valence-electron chi connectivity index (χ1n) is 4.49. The summed E-state index contributed by atoms with van der Waals surface area (Å²) in [5.41, 5.74) is -0.128. The van der Waals surface area contributed by atoms with Gasteiger partial charge in [0.1, 0.15) is 5.78 Å². The monoisotopic (exact) mass is 172 g/mol. The lowest BCUT2D eigenvalue weighted by Crippen LogP contribution is -2.21. The Balaban J connectivity index is 3.51. The summed E-state index contributed by atoms with van der Waals surface area (Å²) in [5, 5.41) is 0. The van der Waals surface area contributed by atoms with E-state index in [1.807, 2.05) is 34.6 Å². The lowest BCUT2D eigenvalue weighted by atomic mass is 10.1.